The summed E-state index contributed by atoms with van der Waals surface area (Å²) in [7, 11) is -2.39. The van der Waals surface area contributed by atoms with Gasteiger partial charge in [-0.1, -0.05) is 33.9 Å². The fourth-order valence-corrected chi connectivity index (χ4v) is 6.48. The van der Waals surface area contributed by atoms with Crippen LogP contribution in [-0.2, 0) is 28.6 Å². The van der Waals surface area contributed by atoms with E-state index in [0.29, 0.717) is 0 Å². The van der Waals surface area contributed by atoms with Crippen molar-refractivity contribution in [3.63, 3.8) is 0 Å². The molecule has 1 N–H and O–H groups in total. The normalized spacial score (nSPS) is 28.9. The predicted octanol–water partition coefficient (Wildman–Crippen LogP) is 2.98. The number of carbonyl (C=O) groups excluding carboxylic acids is 3. The van der Waals surface area contributed by atoms with Crippen LogP contribution in [-0.4, -0.2) is 70.8 Å². The lowest BCUT2D eigenvalue weighted by molar-refractivity contribution is -0.194. The second-order valence-corrected chi connectivity index (χ2v) is 17.1. The van der Waals surface area contributed by atoms with E-state index in [4.69, 9.17) is 20.3 Å². The summed E-state index contributed by atoms with van der Waals surface area (Å²) in [5, 5.41) is 11.5. The number of aliphatic hydroxyl groups is 1. The number of hydrogen-bond donors (Lipinski definition) is 1. The third kappa shape index (κ3) is 5.48. The fraction of sp³-hybridized carbons (Fsp3) is 0.720. The maximum absolute atomic E-state index is 12.5. The first-order valence-corrected chi connectivity index (χ1v) is 15.3. The molecule has 6 atom stereocenters. The van der Waals surface area contributed by atoms with Gasteiger partial charge >= 0.3 is 5.97 Å². The molecule has 3 unspecified atom stereocenters. The molecule has 3 heterocycles. The first-order valence-electron chi connectivity index (χ1n) is 12.9. The lowest BCUT2D eigenvalue weighted by Gasteiger charge is -2.43. The number of nitrogens with zero attached hydrogens (tertiary/aromatic N) is 3. The predicted molar refractivity (Wildman–Crippen MR) is 137 cm³/mol. The van der Waals surface area contributed by atoms with Gasteiger partial charge in [0.25, 0.3) is 0 Å². The van der Waals surface area contributed by atoms with Crippen LogP contribution in [0.2, 0.25) is 18.1 Å². The van der Waals surface area contributed by atoms with Crippen molar-refractivity contribution in [2.24, 2.45) is 0 Å². The Morgan fingerprint density at radius 2 is 1.70 bits per heavy atom. The largest absolute Gasteiger partial charge is 0.406 e. The highest BCUT2D eigenvalue weighted by molar-refractivity contribution is 6.81. The van der Waals surface area contributed by atoms with Gasteiger partial charge in [0.2, 0.25) is 17.7 Å². The van der Waals surface area contributed by atoms with E-state index in [0.717, 1.165) is 4.90 Å². The lowest BCUT2D eigenvalue weighted by atomic mass is 10.0. The van der Waals surface area contributed by atoms with Gasteiger partial charge in [-0.05, 0) is 25.8 Å². The Balaban J connectivity index is 2.20. The Morgan fingerprint density at radius 1 is 1.14 bits per heavy atom. The Labute approximate surface area is 220 Å². The van der Waals surface area contributed by atoms with E-state index in [2.05, 4.69) is 43.8 Å². The summed E-state index contributed by atoms with van der Waals surface area (Å²) < 4.78 is 31.9. The highest BCUT2D eigenvalue weighted by Gasteiger charge is 2.61. The number of fused-ring (bicyclic) bond motifs is 1. The molecule has 2 fully saturated rings. The number of aliphatic hydroxyl groups excluding tert-OH is 1. The van der Waals surface area contributed by atoms with Crippen molar-refractivity contribution in [3.05, 3.63) is 11.4 Å². The fourth-order valence-electron chi connectivity index (χ4n) is 4.50. The smallest absolute Gasteiger partial charge is 0.309 e. The number of carbonyl (C=O) groups is 3. The van der Waals surface area contributed by atoms with Gasteiger partial charge < -0.3 is 24.1 Å². The molecule has 1 aromatic heterocycles. The van der Waals surface area contributed by atoms with Crippen molar-refractivity contribution in [2.75, 3.05) is 4.90 Å². The van der Waals surface area contributed by atoms with Gasteiger partial charge in [-0.15, -0.1) is 0 Å². The molecule has 37 heavy (non-hydrogen) atoms. The van der Waals surface area contributed by atoms with E-state index in [1.165, 1.54) is 20.8 Å². The molecule has 0 bridgehead atoms. The molecule has 2 aliphatic rings. The van der Waals surface area contributed by atoms with Crippen LogP contribution in [0.5, 0.6) is 5.88 Å². The number of amides is 2. The van der Waals surface area contributed by atoms with Crippen LogP contribution in [0.3, 0.4) is 0 Å². The maximum Gasteiger partial charge on any atom is 0.309 e. The first-order chi connectivity index (χ1) is 17.3. The van der Waals surface area contributed by atoms with Gasteiger partial charge in [0.05, 0.1) is 13.8 Å². The van der Waals surface area contributed by atoms with E-state index in [1.54, 1.807) is 13.8 Å². The number of rotatable bonds is 5. The quantitative estimate of drug-likeness (QED) is 0.440. The minimum Gasteiger partial charge on any atom is -0.406 e. The summed E-state index contributed by atoms with van der Waals surface area (Å²) in [4.78, 5) is 46.5. The number of aryl methyl sites for hydroxylation is 1. The molecular formula is C25H39N3O8Si. The Bertz CT molecular complexity index is 1110. The van der Waals surface area contributed by atoms with Gasteiger partial charge in [-0.2, -0.15) is 4.98 Å². The Morgan fingerprint density at radius 3 is 2.19 bits per heavy atom. The highest BCUT2D eigenvalue weighted by Crippen LogP contribution is 2.50. The number of hydrogen-bond acceptors (Lipinski definition) is 10. The first kappa shape index (κ1) is 27.8. The van der Waals surface area contributed by atoms with Crippen molar-refractivity contribution in [1.82, 2.24) is 9.97 Å². The van der Waals surface area contributed by atoms with Crippen LogP contribution in [0.4, 0.5) is 5.82 Å². The van der Waals surface area contributed by atoms with E-state index >= 15 is 0 Å². The number of imide groups is 1. The van der Waals surface area contributed by atoms with E-state index in [9.17, 15) is 19.5 Å². The molecule has 0 radical (unpaired) electrons. The van der Waals surface area contributed by atoms with Gasteiger partial charge in [0.15, 0.2) is 11.6 Å². The molecule has 2 saturated heterocycles. The molecule has 0 spiro atoms. The minimum absolute atomic E-state index is 0.0987. The highest BCUT2D eigenvalue weighted by atomic mass is 28.3. The van der Waals surface area contributed by atoms with Crippen molar-refractivity contribution in [3.8, 4) is 5.88 Å². The summed E-state index contributed by atoms with van der Waals surface area (Å²) in [6.45, 7) is 17.0. The van der Waals surface area contributed by atoms with Crippen LogP contribution in [0.15, 0.2) is 0 Å². The Kier molecular flexibility index (Phi) is 7.36. The van der Waals surface area contributed by atoms with E-state index < -0.39 is 61.8 Å². The van der Waals surface area contributed by atoms with Gasteiger partial charge in [0.1, 0.15) is 35.8 Å². The lowest BCUT2D eigenvalue weighted by Crippen LogP contribution is -2.57. The monoisotopic (exact) mass is 538 g/mol. The van der Waals surface area contributed by atoms with E-state index in [1.807, 2.05) is 0 Å². The summed E-state index contributed by atoms with van der Waals surface area (Å²) in [6, 6.07) is 0. The topological polar surface area (TPSA) is 137 Å². The molecule has 2 amide bonds. The standard InChI is InChI=1S/C25H39N3O8Si/c1-12-22(33-15(4)31)27-21(28(13(2)29)14(3)30)16(26-12)17-18-19(36-25(8,9)35-18)20(34-17)23(32)37(10,11)24(5,6)7/h17-20,23,32H,1-11H3/t17?,18-,19-,20-,23?/m0/s1/i8D/t17?,18-,19-,20-,23?,25?. The van der Waals surface area contributed by atoms with Gasteiger partial charge in [-0.25, -0.2) is 9.88 Å². The molecule has 2 aliphatic heterocycles. The second kappa shape index (κ2) is 9.81. The summed E-state index contributed by atoms with van der Waals surface area (Å²) in [5.74, 6) is -3.48. The number of aromatic nitrogens is 2. The minimum atomic E-state index is -2.39. The molecule has 0 saturated carbocycles. The van der Waals surface area contributed by atoms with Gasteiger partial charge in [-0.3, -0.25) is 14.4 Å². The van der Waals surface area contributed by atoms with Crippen LogP contribution in [0.25, 0.3) is 0 Å². The second-order valence-electron chi connectivity index (χ2n) is 11.5. The van der Waals surface area contributed by atoms with E-state index in [-0.39, 0.29) is 35.0 Å². The molecule has 206 valence electrons. The number of anilines is 1. The SMILES string of the molecule is [2H]CC1(C)O[C@@H]2[C@@H](C(O)[Si](C)(C)C(C)(C)C)OC(c3nc(C)c(OC(C)=O)nc3N(C(C)=O)C(C)=O)[C@@H]2O1. The number of esters is 1. The average molecular weight is 539 g/mol. The van der Waals surface area contributed by atoms with Crippen molar-refractivity contribution in [2.45, 2.75) is 116 Å². The Hall–Kier alpha value is -2.25. The molecule has 0 aliphatic carbocycles. The molecule has 0 aromatic carbocycles. The average Bonchev–Trinajstić information content (AvgIpc) is 3.28. The summed E-state index contributed by atoms with van der Waals surface area (Å²) >= 11 is 0. The van der Waals surface area contributed by atoms with Crippen LogP contribution in [0, 0.1) is 6.92 Å². The molecule has 3 rings (SSSR count). The zero-order valence-electron chi connectivity index (χ0n) is 24.2. The maximum atomic E-state index is 12.5. The van der Waals surface area contributed by atoms with Crippen molar-refractivity contribution in [1.29, 1.82) is 0 Å². The summed E-state index contributed by atoms with van der Waals surface area (Å²) in [5.41, 5.74) is -0.561. The zero-order chi connectivity index (χ0) is 29.0. The van der Waals surface area contributed by atoms with Crippen LogP contribution < -0.4 is 9.64 Å². The molecule has 11 nitrogen and oxygen atoms in total. The molecule has 1 aromatic rings. The summed E-state index contributed by atoms with van der Waals surface area (Å²) in [6.07, 6.45) is -3.40. The number of ether oxygens (including phenoxy) is 4. The van der Waals surface area contributed by atoms with Crippen LogP contribution >= 0.6 is 0 Å². The van der Waals surface area contributed by atoms with Gasteiger partial charge in [0, 0.05) is 22.1 Å². The third-order valence-corrected chi connectivity index (χ3v) is 13.1. The molecule has 12 heteroatoms. The van der Waals surface area contributed by atoms with Crippen LogP contribution in [0.1, 0.15) is 74.2 Å². The third-order valence-electron chi connectivity index (χ3n) is 7.39. The molecular weight excluding hydrogens is 498 g/mol. The zero-order valence-corrected chi connectivity index (χ0v) is 24.2. The van der Waals surface area contributed by atoms with Crippen molar-refractivity contribution >= 4 is 31.7 Å². The van der Waals surface area contributed by atoms with Crippen molar-refractivity contribution < 1.29 is 39.8 Å².